The van der Waals surface area contributed by atoms with Gasteiger partial charge in [-0.1, -0.05) is 103 Å². The molecule has 0 aromatic heterocycles. The third-order valence-corrected chi connectivity index (χ3v) is 8.42. The zero-order valence-corrected chi connectivity index (χ0v) is 23.1. The van der Waals surface area contributed by atoms with Crippen LogP contribution in [0.25, 0.3) is 0 Å². The smallest absolute Gasteiger partial charge is 0.243 e. The summed E-state index contributed by atoms with van der Waals surface area (Å²) in [6.07, 6.45) is 4.64. The van der Waals surface area contributed by atoms with E-state index in [9.17, 15) is 9.59 Å². The maximum Gasteiger partial charge on any atom is 0.243 e. The second-order valence-corrected chi connectivity index (χ2v) is 11.2. The SMILES string of the molecule is O=C(NC1CCCC1)[C@H](Cc1ccccc1)N(Cc1ccccc1Cl)C(=O)CSCc1ccccc1Cl. The zero-order chi connectivity index (χ0) is 26.0. The molecule has 4 nitrogen and oxygen atoms in total. The van der Waals surface area contributed by atoms with Crippen molar-refractivity contribution in [3.8, 4) is 0 Å². The molecule has 194 valence electrons. The maximum atomic E-state index is 13.8. The van der Waals surface area contributed by atoms with E-state index in [0.717, 1.165) is 42.4 Å². The van der Waals surface area contributed by atoms with Gasteiger partial charge in [-0.3, -0.25) is 9.59 Å². The first kappa shape index (κ1) is 27.6. The minimum atomic E-state index is -0.646. The highest BCUT2D eigenvalue weighted by molar-refractivity contribution is 7.99. The number of halogens is 2. The Balaban J connectivity index is 1.58. The van der Waals surface area contributed by atoms with Gasteiger partial charge in [0.1, 0.15) is 6.04 Å². The van der Waals surface area contributed by atoms with Gasteiger partial charge in [0.15, 0.2) is 0 Å². The van der Waals surface area contributed by atoms with Gasteiger partial charge in [0, 0.05) is 34.8 Å². The fourth-order valence-electron chi connectivity index (χ4n) is 4.68. The Morgan fingerprint density at radius 2 is 1.46 bits per heavy atom. The lowest BCUT2D eigenvalue weighted by Crippen LogP contribution is -2.52. The number of hydrogen-bond donors (Lipinski definition) is 1. The second-order valence-electron chi connectivity index (χ2n) is 9.39. The fraction of sp³-hybridized carbons (Fsp3) is 0.333. The van der Waals surface area contributed by atoms with Gasteiger partial charge in [-0.15, -0.1) is 11.8 Å². The lowest BCUT2D eigenvalue weighted by Gasteiger charge is -2.32. The molecule has 0 spiro atoms. The third-order valence-electron chi connectivity index (χ3n) is 6.71. The zero-order valence-electron chi connectivity index (χ0n) is 20.7. The molecule has 0 bridgehead atoms. The monoisotopic (exact) mass is 554 g/mol. The first-order chi connectivity index (χ1) is 18.0. The van der Waals surface area contributed by atoms with Crippen molar-refractivity contribution in [3.63, 3.8) is 0 Å². The predicted molar refractivity (Wildman–Crippen MR) is 154 cm³/mol. The molecule has 1 fully saturated rings. The molecule has 3 aromatic rings. The van der Waals surface area contributed by atoms with E-state index in [1.54, 1.807) is 4.90 Å². The van der Waals surface area contributed by atoms with E-state index < -0.39 is 6.04 Å². The Morgan fingerprint density at radius 1 is 0.865 bits per heavy atom. The van der Waals surface area contributed by atoms with Gasteiger partial charge in [-0.2, -0.15) is 0 Å². The molecule has 1 saturated carbocycles. The molecular formula is C30H32Cl2N2O2S. The quantitative estimate of drug-likeness (QED) is 0.279. The van der Waals surface area contributed by atoms with Crippen LogP contribution in [0.15, 0.2) is 78.9 Å². The van der Waals surface area contributed by atoms with E-state index in [0.29, 0.717) is 22.2 Å². The molecule has 7 heteroatoms. The molecule has 4 rings (SSSR count). The van der Waals surface area contributed by atoms with Crippen LogP contribution >= 0.6 is 35.0 Å². The van der Waals surface area contributed by atoms with Crippen LogP contribution < -0.4 is 5.32 Å². The Labute approximate surface area is 233 Å². The Bertz CT molecular complexity index is 1180. The van der Waals surface area contributed by atoms with Gasteiger partial charge >= 0.3 is 0 Å². The normalized spacial score (nSPS) is 14.3. The number of amides is 2. The number of carbonyl (C=O) groups is 2. The van der Waals surface area contributed by atoms with E-state index in [1.807, 2.05) is 78.9 Å². The van der Waals surface area contributed by atoms with Crippen molar-refractivity contribution in [1.82, 2.24) is 10.2 Å². The number of nitrogens with one attached hydrogen (secondary N) is 1. The molecule has 1 aliphatic rings. The Kier molecular flexibility index (Phi) is 10.4. The van der Waals surface area contributed by atoms with Gasteiger partial charge in [0.25, 0.3) is 0 Å². The number of benzene rings is 3. The van der Waals surface area contributed by atoms with Crippen LogP contribution in [-0.4, -0.2) is 34.6 Å². The van der Waals surface area contributed by atoms with Gasteiger partial charge in [0.2, 0.25) is 11.8 Å². The van der Waals surface area contributed by atoms with Crippen molar-refractivity contribution >= 4 is 46.8 Å². The summed E-state index contributed by atoms with van der Waals surface area (Å²) in [7, 11) is 0. The lowest BCUT2D eigenvalue weighted by atomic mass is 10.0. The molecule has 0 radical (unpaired) electrons. The summed E-state index contributed by atoms with van der Waals surface area (Å²) in [6, 6.07) is 24.5. The van der Waals surface area contributed by atoms with Crippen molar-refractivity contribution in [2.45, 2.75) is 56.5 Å². The van der Waals surface area contributed by atoms with E-state index in [-0.39, 0.29) is 30.2 Å². The largest absolute Gasteiger partial charge is 0.352 e. The summed E-state index contributed by atoms with van der Waals surface area (Å²) >= 11 is 14.3. The first-order valence-electron chi connectivity index (χ1n) is 12.7. The summed E-state index contributed by atoms with van der Waals surface area (Å²) in [5, 5.41) is 4.50. The molecular weight excluding hydrogens is 523 g/mol. The van der Waals surface area contributed by atoms with Crippen LogP contribution in [0.4, 0.5) is 0 Å². The van der Waals surface area contributed by atoms with Gasteiger partial charge in [-0.05, 0) is 41.7 Å². The number of hydrogen-bond acceptors (Lipinski definition) is 3. The summed E-state index contributed by atoms with van der Waals surface area (Å²) in [6.45, 7) is 0.265. The maximum absolute atomic E-state index is 13.8. The molecule has 0 unspecified atom stereocenters. The van der Waals surface area contributed by atoms with Crippen LogP contribution in [0.2, 0.25) is 10.0 Å². The summed E-state index contributed by atoms with van der Waals surface area (Å²) in [5.74, 6) is 0.646. The van der Waals surface area contributed by atoms with Crippen molar-refractivity contribution in [1.29, 1.82) is 0 Å². The van der Waals surface area contributed by atoms with Crippen molar-refractivity contribution in [2.24, 2.45) is 0 Å². The summed E-state index contributed by atoms with van der Waals surface area (Å²) in [4.78, 5) is 29.2. The van der Waals surface area contributed by atoms with Crippen LogP contribution in [0.5, 0.6) is 0 Å². The standard InChI is InChI=1S/C30H32Cl2N2O2S/c31-26-16-8-4-12-23(26)19-34(29(35)21-37-20-24-13-5-9-17-27(24)32)28(18-22-10-2-1-3-11-22)30(36)33-25-14-6-7-15-25/h1-5,8-13,16-17,25,28H,6-7,14-15,18-21H2,(H,33,36)/t28-/m0/s1. The lowest BCUT2D eigenvalue weighted by molar-refractivity contribution is -0.139. The second kappa shape index (κ2) is 13.9. The Hall–Kier alpha value is -2.47. The average molecular weight is 556 g/mol. The van der Waals surface area contributed by atoms with Gasteiger partial charge in [0.05, 0.1) is 5.75 Å². The van der Waals surface area contributed by atoms with Gasteiger partial charge < -0.3 is 10.2 Å². The summed E-state index contributed by atoms with van der Waals surface area (Å²) in [5.41, 5.74) is 2.81. The molecule has 1 atom stereocenters. The molecule has 0 heterocycles. The van der Waals surface area contributed by atoms with E-state index in [4.69, 9.17) is 23.2 Å². The first-order valence-corrected chi connectivity index (χ1v) is 14.6. The van der Waals surface area contributed by atoms with Crippen LogP contribution in [0, 0.1) is 0 Å². The minimum absolute atomic E-state index is 0.0977. The predicted octanol–water partition coefficient (Wildman–Crippen LogP) is 6.93. The molecule has 3 aromatic carbocycles. The molecule has 1 N–H and O–H groups in total. The Morgan fingerprint density at radius 3 is 2.11 bits per heavy atom. The fourth-order valence-corrected chi connectivity index (χ4v) is 6.07. The number of carbonyl (C=O) groups excluding carboxylic acids is 2. The van der Waals surface area contributed by atoms with E-state index in [2.05, 4.69) is 5.32 Å². The number of thioether (sulfide) groups is 1. The third kappa shape index (κ3) is 8.00. The molecule has 0 aliphatic heterocycles. The van der Waals surface area contributed by atoms with Crippen molar-refractivity contribution < 1.29 is 9.59 Å². The van der Waals surface area contributed by atoms with Crippen molar-refractivity contribution in [2.75, 3.05) is 5.75 Å². The number of rotatable bonds is 11. The molecule has 1 aliphatic carbocycles. The van der Waals surface area contributed by atoms with E-state index in [1.165, 1.54) is 11.8 Å². The number of nitrogens with zero attached hydrogens (tertiary/aromatic N) is 1. The topological polar surface area (TPSA) is 49.4 Å². The highest BCUT2D eigenvalue weighted by Gasteiger charge is 2.32. The minimum Gasteiger partial charge on any atom is -0.352 e. The van der Waals surface area contributed by atoms with Crippen molar-refractivity contribution in [3.05, 3.63) is 106 Å². The summed E-state index contributed by atoms with van der Waals surface area (Å²) < 4.78 is 0. The van der Waals surface area contributed by atoms with Gasteiger partial charge in [-0.25, -0.2) is 0 Å². The highest BCUT2D eigenvalue weighted by atomic mass is 35.5. The van der Waals surface area contributed by atoms with E-state index >= 15 is 0 Å². The average Bonchev–Trinajstić information content (AvgIpc) is 3.42. The molecule has 0 saturated heterocycles. The van der Waals surface area contributed by atoms with Crippen LogP contribution in [0.1, 0.15) is 42.4 Å². The van der Waals surface area contributed by atoms with Crippen LogP contribution in [0.3, 0.4) is 0 Å². The van der Waals surface area contributed by atoms with Crippen LogP contribution in [-0.2, 0) is 28.3 Å². The molecule has 37 heavy (non-hydrogen) atoms. The molecule has 2 amide bonds. The highest BCUT2D eigenvalue weighted by Crippen LogP contribution is 2.25.